The van der Waals surface area contributed by atoms with Gasteiger partial charge in [0.2, 0.25) is 5.95 Å². The van der Waals surface area contributed by atoms with Gasteiger partial charge in [-0.2, -0.15) is 0 Å². The zero-order chi connectivity index (χ0) is 24.2. The lowest BCUT2D eigenvalue weighted by molar-refractivity contribution is 0.102. The standard InChI is InChI=1S/C27H28N6O2/c1-32-15-6-16-33(18-17-32)20-13-11-19(12-14-20)25(34)28-22-8-3-2-7-21(22)26(35)31-27-29-23-9-4-5-10-24(23)30-27/h2-5,7-14H,6,15-18H2,1H3,(H,28,34)(H2,29,30,31,35). The summed E-state index contributed by atoms with van der Waals surface area (Å²) in [4.78, 5) is 38.1. The molecule has 8 heteroatoms. The molecule has 5 rings (SSSR count). The van der Waals surface area contributed by atoms with Crippen molar-refractivity contribution in [3.63, 3.8) is 0 Å². The normalized spacial score (nSPS) is 14.5. The number of carbonyl (C=O) groups excluding carboxylic acids is 2. The number of imidazole rings is 1. The van der Waals surface area contributed by atoms with E-state index >= 15 is 0 Å². The van der Waals surface area contributed by atoms with E-state index in [0.717, 1.165) is 49.3 Å². The van der Waals surface area contributed by atoms with Crippen molar-refractivity contribution in [2.45, 2.75) is 6.42 Å². The van der Waals surface area contributed by atoms with E-state index in [-0.39, 0.29) is 11.8 Å². The van der Waals surface area contributed by atoms with Crippen LogP contribution in [0.25, 0.3) is 11.0 Å². The average Bonchev–Trinajstić information content (AvgIpc) is 3.16. The minimum atomic E-state index is -0.360. The lowest BCUT2D eigenvalue weighted by Gasteiger charge is -2.23. The molecule has 2 amide bonds. The van der Waals surface area contributed by atoms with Crippen LogP contribution in [-0.2, 0) is 0 Å². The van der Waals surface area contributed by atoms with Crippen molar-refractivity contribution >= 4 is 40.2 Å². The van der Waals surface area contributed by atoms with Gasteiger partial charge in [0.25, 0.3) is 11.8 Å². The predicted octanol–water partition coefficient (Wildman–Crippen LogP) is 4.21. The van der Waals surface area contributed by atoms with Crippen LogP contribution in [0.2, 0.25) is 0 Å². The lowest BCUT2D eigenvalue weighted by Crippen LogP contribution is -2.28. The second-order valence-electron chi connectivity index (χ2n) is 8.75. The molecule has 0 bridgehead atoms. The second kappa shape index (κ2) is 9.99. The Kier molecular flexibility index (Phi) is 6.45. The van der Waals surface area contributed by atoms with E-state index < -0.39 is 0 Å². The van der Waals surface area contributed by atoms with E-state index in [1.54, 1.807) is 24.3 Å². The van der Waals surface area contributed by atoms with Crippen molar-refractivity contribution in [1.82, 2.24) is 14.9 Å². The number of anilines is 3. The van der Waals surface area contributed by atoms with E-state index in [1.165, 1.54) is 0 Å². The Labute approximate surface area is 204 Å². The number of benzene rings is 3. The van der Waals surface area contributed by atoms with Gasteiger partial charge >= 0.3 is 0 Å². The third-order valence-electron chi connectivity index (χ3n) is 6.26. The van der Waals surface area contributed by atoms with Crippen LogP contribution in [0.4, 0.5) is 17.3 Å². The molecule has 4 aromatic rings. The van der Waals surface area contributed by atoms with Gasteiger partial charge in [-0.15, -0.1) is 0 Å². The molecule has 0 aliphatic carbocycles. The smallest absolute Gasteiger partial charge is 0.260 e. The Bertz CT molecular complexity index is 1310. The van der Waals surface area contributed by atoms with E-state index in [9.17, 15) is 9.59 Å². The van der Waals surface area contributed by atoms with Crippen molar-refractivity contribution in [1.29, 1.82) is 0 Å². The topological polar surface area (TPSA) is 93.4 Å². The first-order valence-electron chi connectivity index (χ1n) is 11.8. The number of carbonyl (C=O) groups is 2. The third-order valence-corrected chi connectivity index (χ3v) is 6.26. The summed E-state index contributed by atoms with van der Waals surface area (Å²) in [5.74, 6) is -0.273. The molecule has 0 saturated carbocycles. The number of H-pyrrole nitrogens is 1. The zero-order valence-electron chi connectivity index (χ0n) is 19.6. The molecule has 0 unspecified atom stereocenters. The average molecular weight is 469 g/mol. The Morgan fingerprint density at radius 2 is 1.60 bits per heavy atom. The summed E-state index contributed by atoms with van der Waals surface area (Å²) in [6.45, 7) is 4.09. The predicted molar refractivity (Wildman–Crippen MR) is 139 cm³/mol. The number of aromatic amines is 1. The number of hydrogen-bond acceptors (Lipinski definition) is 5. The lowest BCUT2D eigenvalue weighted by atomic mass is 10.1. The van der Waals surface area contributed by atoms with Crippen LogP contribution >= 0.6 is 0 Å². The Morgan fingerprint density at radius 3 is 2.43 bits per heavy atom. The molecule has 2 heterocycles. The molecule has 178 valence electrons. The molecule has 0 atom stereocenters. The molecule has 3 aromatic carbocycles. The zero-order valence-corrected chi connectivity index (χ0v) is 19.6. The van der Waals surface area contributed by atoms with E-state index in [1.807, 2.05) is 48.5 Å². The summed E-state index contributed by atoms with van der Waals surface area (Å²) in [5.41, 5.74) is 4.04. The molecule has 1 aliphatic heterocycles. The maximum absolute atomic E-state index is 13.0. The number of likely N-dealkylation sites (N-methyl/N-ethyl adjacent to an activating group) is 1. The van der Waals surface area contributed by atoms with Gasteiger partial charge in [-0.25, -0.2) is 4.98 Å². The molecular formula is C27H28N6O2. The minimum Gasteiger partial charge on any atom is -0.370 e. The molecule has 0 radical (unpaired) electrons. The molecule has 1 aliphatic rings. The highest BCUT2D eigenvalue weighted by Gasteiger charge is 2.17. The van der Waals surface area contributed by atoms with Gasteiger partial charge in [-0.1, -0.05) is 24.3 Å². The molecule has 0 spiro atoms. The van der Waals surface area contributed by atoms with Crippen molar-refractivity contribution in [3.05, 3.63) is 83.9 Å². The second-order valence-corrected chi connectivity index (χ2v) is 8.75. The van der Waals surface area contributed by atoms with Crippen molar-refractivity contribution in [2.75, 3.05) is 48.8 Å². The van der Waals surface area contributed by atoms with Gasteiger partial charge in [0.1, 0.15) is 0 Å². The monoisotopic (exact) mass is 468 g/mol. The quantitative estimate of drug-likeness (QED) is 0.408. The molecule has 1 fully saturated rings. The van der Waals surface area contributed by atoms with Crippen LogP contribution in [-0.4, -0.2) is 59.9 Å². The van der Waals surface area contributed by atoms with Crippen molar-refractivity contribution in [3.8, 4) is 0 Å². The first kappa shape index (κ1) is 22.6. The van der Waals surface area contributed by atoms with E-state index in [4.69, 9.17) is 0 Å². The molecule has 1 saturated heterocycles. The Morgan fingerprint density at radius 1 is 0.829 bits per heavy atom. The van der Waals surface area contributed by atoms with Crippen molar-refractivity contribution in [2.24, 2.45) is 0 Å². The SMILES string of the molecule is CN1CCCN(c2ccc(C(=O)Nc3ccccc3C(=O)Nc3nc4ccccc4[nH]3)cc2)CC1. The fourth-order valence-corrected chi connectivity index (χ4v) is 4.30. The summed E-state index contributed by atoms with van der Waals surface area (Å²) >= 11 is 0. The maximum atomic E-state index is 13.0. The number of nitrogens with zero attached hydrogens (tertiary/aromatic N) is 3. The highest BCUT2D eigenvalue weighted by atomic mass is 16.2. The molecule has 3 N–H and O–H groups in total. The molecule has 1 aromatic heterocycles. The number of nitrogens with one attached hydrogen (secondary N) is 3. The maximum Gasteiger partial charge on any atom is 0.260 e. The molecular weight excluding hydrogens is 440 g/mol. The Balaban J connectivity index is 1.28. The van der Waals surface area contributed by atoms with Gasteiger partial charge in [-0.05, 0) is 68.5 Å². The minimum absolute atomic E-state index is 0.267. The number of amides is 2. The van der Waals surface area contributed by atoms with Crippen LogP contribution in [0.3, 0.4) is 0 Å². The highest BCUT2D eigenvalue weighted by molar-refractivity contribution is 6.12. The van der Waals surface area contributed by atoms with Gasteiger partial charge in [0.05, 0.1) is 22.3 Å². The first-order valence-corrected chi connectivity index (χ1v) is 11.8. The van der Waals surface area contributed by atoms with E-state index in [0.29, 0.717) is 22.8 Å². The number of aromatic nitrogens is 2. The fourth-order valence-electron chi connectivity index (χ4n) is 4.30. The Hall–Kier alpha value is -4.17. The van der Waals surface area contributed by atoms with Crippen LogP contribution in [0, 0.1) is 0 Å². The molecule has 35 heavy (non-hydrogen) atoms. The van der Waals surface area contributed by atoms with Gasteiger partial charge in [-0.3, -0.25) is 14.9 Å². The summed E-state index contributed by atoms with van der Waals surface area (Å²) in [5, 5.41) is 5.67. The van der Waals surface area contributed by atoms with Crippen molar-refractivity contribution < 1.29 is 9.59 Å². The van der Waals surface area contributed by atoms with Gasteiger partial charge < -0.3 is 20.1 Å². The van der Waals surface area contributed by atoms with Crippen LogP contribution in [0.15, 0.2) is 72.8 Å². The third kappa shape index (κ3) is 5.17. The summed E-state index contributed by atoms with van der Waals surface area (Å²) in [6.07, 6.45) is 1.12. The number of rotatable bonds is 5. The van der Waals surface area contributed by atoms with Gasteiger partial charge in [0.15, 0.2) is 0 Å². The number of hydrogen-bond donors (Lipinski definition) is 3. The van der Waals surface area contributed by atoms with E-state index in [2.05, 4.69) is 37.4 Å². The van der Waals surface area contributed by atoms with Crippen LogP contribution in [0.5, 0.6) is 0 Å². The summed E-state index contributed by atoms with van der Waals surface area (Å²) in [7, 11) is 2.14. The first-order chi connectivity index (χ1) is 17.1. The fraction of sp³-hybridized carbons (Fsp3) is 0.222. The highest BCUT2D eigenvalue weighted by Crippen LogP contribution is 2.21. The van der Waals surface area contributed by atoms with Crippen LogP contribution < -0.4 is 15.5 Å². The molecule has 8 nitrogen and oxygen atoms in total. The van der Waals surface area contributed by atoms with Crippen LogP contribution in [0.1, 0.15) is 27.1 Å². The number of para-hydroxylation sites is 3. The summed E-state index contributed by atoms with van der Waals surface area (Å²) in [6, 6.07) is 22.1. The largest absolute Gasteiger partial charge is 0.370 e. The number of fused-ring (bicyclic) bond motifs is 1. The van der Waals surface area contributed by atoms with Gasteiger partial charge in [0, 0.05) is 30.9 Å². The summed E-state index contributed by atoms with van der Waals surface area (Å²) < 4.78 is 0.